The van der Waals surface area contributed by atoms with E-state index in [1.807, 2.05) is 0 Å². The van der Waals surface area contributed by atoms with Crippen molar-refractivity contribution in [3.63, 3.8) is 0 Å². The molecule has 1 fully saturated rings. The molecule has 52 heavy (non-hydrogen) atoms. The summed E-state index contributed by atoms with van der Waals surface area (Å²) in [5.41, 5.74) is 0. The average Bonchev–Trinajstić information content (AvgIpc) is 3.15. The maximum absolute atomic E-state index is 11.0. The SMILES string of the molecule is CCCCCCCCCCCCCCCCCCOC[C@H]1O[C@H](OCCCC)[C@H](OCCCCCCCCCCCCCCCCCC)[C@@H](O)[C@@H]1O. The number of unbranched alkanes of at least 4 members (excludes halogenated alkanes) is 31. The third-order valence-electron chi connectivity index (χ3n) is 11.2. The van der Waals surface area contributed by atoms with Gasteiger partial charge in [0.1, 0.15) is 24.4 Å². The summed E-state index contributed by atoms with van der Waals surface area (Å²) in [6.07, 6.45) is 40.8. The number of rotatable bonds is 41. The van der Waals surface area contributed by atoms with Gasteiger partial charge in [-0.1, -0.05) is 220 Å². The number of aliphatic hydroxyl groups excluding tert-OH is 2. The Kier molecular flexibility index (Phi) is 37.3. The maximum Gasteiger partial charge on any atom is 0.186 e. The van der Waals surface area contributed by atoms with Crippen LogP contribution in [0.4, 0.5) is 0 Å². The van der Waals surface area contributed by atoms with Crippen LogP contribution < -0.4 is 0 Å². The lowest BCUT2D eigenvalue weighted by Crippen LogP contribution is -2.60. The lowest BCUT2D eigenvalue weighted by atomic mass is 9.99. The molecule has 1 aliphatic heterocycles. The Morgan fingerprint density at radius 3 is 1.08 bits per heavy atom. The summed E-state index contributed by atoms with van der Waals surface area (Å²) in [6.45, 7) is 8.71. The maximum atomic E-state index is 11.0. The Bertz CT molecular complexity index is 690. The van der Waals surface area contributed by atoms with E-state index >= 15 is 0 Å². The van der Waals surface area contributed by atoms with Crippen molar-refractivity contribution in [1.29, 1.82) is 0 Å². The van der Waals surface area contributed by atoms with E-state index in [1.54, 1.807) is 0 Å². The van der Waals surface area contributed by atoms with Crippen molar-refractivity contribution in [1.82, 2.24) is 0 Å². The van der Waals surface area contributed by atoms with Crippen molar-refractivity contribution in [3.05, 3.63) is 0 Å². The number of ether oxygens (including phenoxy) is 4. The zero-order chi connectivity index (χ0) is 37.6. The Morgan fingerprint density at radius 2 is 0.692 bits per heavy atom. The van der Waals surface area contributed by atoms with Crippen LogP contribution in [0.5, 0.6) is 0 Å². The first-order chi connectivity index (χ1) is 25.7. The van der Waals surface area contributed by atoms with Crippen molar-refractivity contribution in [2.24, 2.45) is 0 Å². The molecule has 0 spiro atoms. The molecule has 0 aromatic heterocycles. The second-order valence-electron chi connectivity index (χ2n) is 16.3. The van der Waals surface area contributed by atoms with Gasteiger partial charge < -0.3 is 29.2 Å². The van der Waals surface area contributed by atoms with E-state index in [2.05, 4.69) is 20.8 Å². The van der Waals surface area contributed by atoms with E-state index in [4.69, 9.17) is 18.9 Å². The lowest BCUT2D eigenvalue weighted by molar-refractivity contribution is -0.311. The Balaban J connectivity index is 2.09. The fourth-order valence-corrected chi connectivity index (χ4v) is 7.52. The average molecular weight is 741 g/mol. The van der Waals surface area contributed by atoms with Crippen LogP contribution >= 0.6 is 0 Å². The number of hydrogen-bond donors (Lipinski definition) is 2. The smallest absolute Gasteiger partial charge is 0.186 e. The second kappa shape index (κ2) is 39.0. The van der Waals surface area contributed by atoms with Gasteiger partial charge in [0.15, 0.2) is 6.29 Å². The van der Waals surface area contributed by atoms with Crippen LogP contribution in [0.1, 0.15) is 239 Å². The normalized spacial score (nSPS) is 20.6. The molecule has 0 aliphatic carbocycles. The molecule has 0 aromatic carbocycles. The minimum absolute atomic E-state index is 0.260. The summed E-state index contributed by atoms with van der Waals surface area (Å²) >= 11 is 0. The third-order valence-corrected chi connectivity index (χ3v) is 11.2. The molecule has 0 aromatic rings. The summed E-state index contributed by atoms with van der Waals surface area (Å²) in [5.74, 6) is 0. The molecule has 0 bridgehead atoms. The highest BCUT2D eigenvalue weighted by Crippen LogP contribution is 2.26. The highest BCUT2D eigenvalue weighted by Gasteiger charge is 2.45. The molecule has 5 atom stereocenters. The molecule has 0 radical (unpaired) electrons. The molecule has 0 unspecified atom stereocenters. The van der Waals surface area contributed by atoms with Crippen LogP contribution in [0.25, 0.3) is 0 Å². The third kappa shape index (κ3) is 29.1. The molecule has 6 nitrogen and oxygen atoms in total. The predicted molar refractivity (Wildman–Crippen MR) is 221 cm³/mol. The predicted octanol–water partition coefficient (Wildman–Crippen LogP) is 13.2. The van der Waals surface area contributed by atoms with Crippen LogP contribution in [0.2, 0.25) is 0 Å². The van der Waals surface area contributed by atoms with Gasteiger partial charge in [-0.05, 0) is 19.3 Å². The van der Waals surface area contributed by atoms with Crippen LogP contribution in [0, 0.1) is 0 Å². The number of aliphatic hydroxyl groups is 2. The first-order valence-electron chi connectivity index (χ1n) is 23.5. The van der Waals surface area contributed by atoms with Gasteiger partial charge in [0.25, 0.3) is 0 Å². The van der Waals surface area contributed by atoms with Crippen molar-refractivity contribution in [3.8, 4) is 0 Å². The molecule has 1 saturated heterocycles. The van der Waals surface area contributed by atoms with Crippen LogP contribution in [0.15, 0.2) is 0 Å². The van der Waals surface area contributed by atoms with Crippen LogP contribution in [-0.4, -0.2) is 67.3 Å². The van der Waals surface area contributed by atoms with E-state index in [1.165, 1.54) is 186 Å². The topological polar surface area (TPSA) is 77.4 Å². The van der Waals surface area contributed by atoms with E-state index < -0.39 is 30.7 Å². The zero-order valence-electron chi connectivity index (χ0n) is 35.3. The molecule has 1 aliphatic rings. The Hall–Kier alpha value is -0.240. The first-order valence-corrected chi connectivity index (χ1v) is 23.5. The highest BCUT2D eigenvalue weighted by atomic mass is 16.7. The molecule has 1 rings (SSSR count). The molecule has 0 saturated carbocycles. The molecule has 0 amide bonds. The zero-order valence-corrected chi connectivity index (χ0v) is 35.3. The monoisotopic (exact) mass is 741 g/mol. The molecular weight excluding hydrogens is 649 g/mol. The lowest BCUT2D eigenvalue weighted by Gasteiger charge is -2.42. The van der Waals surface area contributed by atoms with Crippen LogP contribution in [-0.2, 0) is 18.9 Å². The molecule has 312 valence electrons. The van der Waals surface area contributed by atoms with Gasteiger partial charge in [0.05, 0.1) is 6.61 Å². The standard InChI is InChI=1S/C46H92O6/c1-4-7-10-12-14-16-18-20-22-24-26-28-30-32-34-36-38-49-41-42-43(47)44(48)45(46(52-42)51-39-9-6-3)50-40-37-35-33-31-29-27-25-23-21-19-17-15-13-11-8-5-2/h42-48H,4-41H2,1-3H3/t42-,43-,44+,45-,46+/m1/s1. The van der Waals surface area contributed by atoms with Gasteiger partial charge in [-0.25, -0.2) is 0 Å². The fourth-order valence-electron chi connectivity index (χ4n) is 7.52. The van der Waals surface area contributed by atoms with Crippen LogP contribution in [0.3, 0.4) is 0 Å². The highest BCUT2D eigenvalue weighted by molar-refractivity contribution is 4.90. The first kappa shape index (κ1) is 49.8. The van der Waals surface area contributed by atoms with Crippen molar-refractivity contribution >= 4 is 0 Å². The summed E-state index contributed by atoms with van der Waals surface area (Å²) in [5, 5.41) is 21.9. The van der Waals surface area contributed by atoms with E-state index in [0.29, 0.717) is 19.8 Å². The van der Waals surface area contributed by atoms with Gasteiger partial charge in [0, 0.05) is 19.8 Å². The van der Waals surface area contributed by atoms with Crippen molar-refractivity contribution in [2.45, 2.75) is 270 Å². The molecule has 6 heteroatoms. The van der Waals surface area contributed by atoms with Gasteiger partial charge in [-0.2, -0.15) is 0 Å². The quantitative estimate of drug-likeness (QED) is 0.0608. The summed E-state index contributed by atoms with van der Waals surface area (Å²) in [4.78, 5) is 0. The van der Waals surface area contributed by atoms with E-state index in [-0.39, 0.29) is 6.61 Å². The Labute approximate surface area is 324 Å². The van der Waals surface area contributed by atoms with E-state index in [0.717, 1.165) is 32.1 Å². The van der Waals surface area contributed by atoms with Gasteiger partial charge in [0.2, 0.25) is 0 Å². The summed E-state index contributed by atoms with van der Waals surface area (Å²) < 4.78 is 24.2. The van der Waals surface area contributed by atoms with Crippen molar-refractivity contribution < 1.29 is 29.2 Å². The fraction of sp³-hybridized carbons (Fsp3) is 1.00. The second-order valence-corrected chi connectivity index (χ2v) is 16.3. The molecular formula is C46H92O6. The van der Waals surface area contributed by atoms with Crippen molar-refractivity contribution in [2.75, 3.05) is 26.4 Å². The van der Waals surface area contributed by atoms with Gasteiger partial charge in [-0.15, -0.1) is 0 Å². The number of hydrogen-bond acceptors (Lipinski definition) is 6. The minimum atomic E-state index is -1.05. The summed E-state index contributed by atoms with van der Waals surface area (Å²) in [7, 11) is 0. The van der Waals surface area contributed by atoms with Gasteiger partial charge in [-0.3, -0.25) is 0 Å². The van der Waals surface area contributed by atoms with Gasteiger partial charge >= 0.3 is 0 Å². The largest absolute Gasteiger partial charge is 0.387 e. The minimum Gasteiger partial charge on any atom is -0.387 e. The Morgan fingerprint density at radius 1 is 0.365 bits per heavy atom. The van der Waals surface area contributed by atoms with E-state index in [9.17, 15) is 10.2 Å². The summed E-state index contributed by atoms with van der Waals surface area (Å²) in [6, 6.07) is 0. The molecule has 2 N–H and O–H groups in total. The molecule has 1 heterocycles.